The molecule has 0 spiro atoms. The molecule has 0 radical (unpaired) electrons. The van der Waals surface area contributed by atoms with Gasteiger partial charge in [0.1, 0.15) is 0 Å². The third kappa shape index (κ3) is 2.78. The van der Waals surface area contributed by atoms with Crippen LogP contribution in [0.5, 0.6) is 0 Å². The van der Waals surface area contributed by atoms with E-state index in [-0.39, 0.29) is 5.92 Å². The molecular formula is C11H16F3NO. The molecule has 2 atom stereocenters. The minimum Gasteiger partial charge on any atom is -0.276 e. The van der Waals surface area contributed by atoms with Crippen LogP contribution in [0.1, 0.15) is 20.3 Å². The number of hydrogen-bond donors (Lipinski definition) is 0. The Balaban J connectivity index is 2.87. The van der Waals surface area contributed by atoms with Crippen LogP contribution in [0.15, 0.2) is 23.9 Å². The van der Waals surface area contributed by atoms with Crippen molar-refractivity contribution in [3.63, 3.8) is 0 Å². The molecule has 2 unspecified atom stereocenters. The van der Waals surface area contributed by atoms with Gasteiger partial charge in [0.2, 0.25) is 0 Å². The van der Waals surface area contributed by atoms with Crippen LogP contribution in [-0.2, 0) is 4.84 Å². The molecule has 1 heterocycles. The van der Waals surface area contributed by atoms with Gasteiger partial charge in [-0.15, -0.1) is 0 Å². The topological polar surface area (TPSA) is 12.5 Å². The highest BCUT2D eigenvalue weighted by atomic mass is 19.4. The van der Waals surface area contributed by atoms with Gasteiger partial charge in [0.05, 0.1) is 7.11 Å². The summed E-state index contributed by atoms with van der Waals surface area (Å²) >= 11 is 0. The summed E-state index contributed by atoms with van der Waals surface area (Å²) in [6.45, 7) is 3.96. The van der Waals surface area contributed by atoms with E-state index in [1.54, 1.807) is 0 Å². The molecule has 0 aromatic rings. The van der Waals surface area contributed by atoms with Gasteiger partial charge in [-0.1, -0.05) is 26.0 Å². The molecule has 0 saturated heterocycles. The molecule has 1 aliphatic heterocycles. The van der Waals surface area contributed by atoms with Crippen LogP contribution in [0.2, 0.25) is 0 Å². The Morgan fingerprint density at radius 2 is 2.12 bits per heavy atom. The second-order valence-corrected chi connectivity index (χ2v) is 3.83. The van der Waals surface area contributed by atoms with E-state index in [2.05, 4.69) is 0 Å². The van der Waals surface area contributed by atoms with Gasteiger partial charge in [0.15, 0.2) is 6.04 Å². The average Bonchev–Trinajstić information content (AvgIpc) is 2.25. The lowest BCUT2D eigenvalue weighted by atomic mass is 9.96. The van der Waals surface area contributed by atoms with Gasteiger partial charge in [-0.05, 0) is 17.9 Å². The molecule has 0 bridgehead atoms. The third-order valence-corrected chi connectivity index (χ3v) is 2.75. The third-order valence-electron chi connectivity index (χ3n) is 2.75. The summed E-state index contributed by atoms with van der Waals surface area (Å²) in [5, 5.41) is 0.849. The second-order valence-electron chi connectivity index (χ2n) is 3.83. The monoisotopic (exact) mass is 235 g/mol. The van der Waals surface area contributed by atoms with Crippen LogP contribution in [0.25, 0.3) is 0 Å². The zero-order chi connectivity index (χ0) is 12.3. The van der Waals surface area contributed by atoms with Crippen molar-refractivity contribution in [3.8, 4) is 0 Å². The fourth-order valence-electron chi connectivity index (χ4n) is 1.50. The van der Waals surface area contributed by atoms with Crippen molar-refractivity contribution in [2.45, 2.75) is 32.5 Å². The summed E-state index contributed by atoms with van der Waals surface area (Å²) < 4.78 is 37.8. The minimum atomic E-state index is -4.32. The molecule has 1 aliphatic rings. The van der Waals surface area contributed by atoms with E-state index >= 15 is 0 Å². The summed E-state index contributed by atoms with van der Waals surface area (Å²) in [7, 11) is 1.24. The molecule has 0 saturated carbocycles. The lowest BCUT2D eigenvalue weighted by Crippen LogP contribution is -2.42. The number of halogens is 3. The summed E-state index contributed by atoms with van der Waals surface area (Å²) in [6, 6.07) is -1.69. The SMILES string of the molecule is CCC(C)C1=CN(OC)C(C(F)(F)F)C=C1. The van der Waals surface area contributed by atoms with Gasteiger partial charge in [-0.3, -0.25) is 4.84 Å². The van der Waals surface area contributed by atoms with E-state index < -0.39 is 12.2 Å². The number of rotatable bonds is 3. The van der Waals surface area contributed by atoms with E-state index in [0.717, 1.165) is 23.1 Å². The average molecular weight is 235 g/mol. The lowest BCUT2D eigenvalue weighted by Gasteiger charge is -2.31. The number of nitrogens with zero attached hydrogens (tertiary/aromatic N) is 1. The van der Waals surface area contributed by atoms with Gasteiger partial charge < -0.3 is 0 Å². The Labute approximate surface area is 93.3 Å². The van der Waals surface area contributed by atoms with Crippen molar-refractivity contribution < 1.29 is 18.0 Å². The number of hydrogen-bond acceptors (Lipinski definition) is 2. The molecule has 2 nitrogen and oxygen atoms in total. The first-order valence-electron chi connectivity index (χ1n) is 5.19. The van der Waals surface area contributed by atoms with Gasteiger partial charge >= 0.3 is 6.18 Å². The van der Waals surface area contributed by atoms with Crippen LogP contribution in [0.3, 0.4) is 0 Å². The first kappa shape index (κ1) is 13.1. The van der Waals surface area contributed by atoms with Gasteiger partial charge in [0, 0.05) is 6.20 Å². The lowest BCUT2D eigenvalue weighted by molar-refractivity contribution is -0.230. The maximum absolute atomic E-state index is 12.6. The van der Waals surface area contributed by atoms with E-state index in [9.17, 15) is 13.2 Å². The van der Waals surface area contributed by atoms with Crippen LogP contribution in [-0.4, -0.2) is 24.4 Å². The molecule has 16 heavy (non-hydrogen) atoms. The first-order chi connectivity index (χ1) is 7.40. The maximum atomic E-state index is 12.6. The van der Waals surface area contributed by atoms with Crippen LogP contribution >= 0.6 is 0 Å². The molecule has 0 aromatic heterocycles. The zero-order valence-corrected chi connectivity index (χ0v) is 9.58. The molecular weight excluding hydrogens is 219 g/mol. The molecule has 0 N–H and O–H groups in total. The zero-order valence-electron chi connectivity index (χ0n) is 9.58. The molecule has 0 aromatic carbocycles. The van der Waals surface area contributed by atoms with Crippen LogP contribution < -0.4 is 0 Å². The van der Waals surface area contributed by atoms with E-state index in [4.69, 9.17) is 4.84 Å². The summed E-state index contributed by atoms with van der Waals surface area (Å²) in [5.41, 5.74) is 0.852. The van der Waals surface area contributed by atoms with Gasteiger partial charge in [-0.2, -0.15) is 13.2 Å². The number of allylic oxidation sites excluding steroid dienone is 2. The molecule has 0 amide bonds. The number of alkyl halides is 3. The Bertz CT molecular complexity index is 296. The van der Waals surface area contributed by atoms with Crippen molar-refractivity contribution in [1.29, 1.82) is 0 Å². The Morgan fingerprint density at radius 1 is 1.50 bits per heavy atom. The Morgan fingerprint density at radius 3 is 2.56 bits per heavy atom. The van der Waals surface area contributed by atoms with Crippen molar-refractivity contribution in [3.05, 3.63) is 23.9 Å². The van der Waals surface area contributed by atoms with E-state index in [1.807, 2.05) is 13.8 Å². The molecule has 92 valence electrons. The van der Waals surface area contributed by atoms with E-state index in [0.29, 0.717) is 0 Å². The minimum absolute atomic E-state index is 0.225. The Kier molecular flexibility index (Phi) is 4.02. The molecule has 0 aliphatic carbocycles. The standard InChI is InChI=1S/C11H16F3NO/c1-4-8(2)9-5-6-10(11(12,13)14)15(7-9)16-3/h5-8,10H,4H2,1-3H3. The quantitative estimate of drug-likeness (QED) is 0.744. The van der Waals surface area contributed by atoms with E-state index in [1.165, 1.54) is 19.4 Å². The maximum Gasteiger partial charge on any atom is 0.414 e. The molecule has 1 rings (SSSR count). The van der Waals surface area contributed by atoms with Crippen LogP contribution in [0.4, 0.5) is 13.2 Å². The van der Waals surface area contributed by atoms with Gasteiger partial charge in [-0.25, -0.2) is 5.06 Å². The van der Waals surface area contributed by atoms with Crippen LogP contribution in [0, 0.1) is 5.92 Å². The highest BCUT2D eigenvalue weighted by Gasteiger charge is 2.43. The fraction of sp³-hybridized carbons (Fsp3) is 0.636. The summed E-state index contributed by atoms with van der Waals surface area (Å²) in [6.07, 6.45) is 0.646. The summed E-state index contributed by atoms with van der Waals surface area (Å²) in [4.78, 5) is 4.74. The first-order valence-corrected chi connectivity index (χ1v) is 5.19. The van der Waals surface area contributed by atoms with Crippen molar-refractivity contribution in [1.82, 2.24) is 5.06 Å². The normalized spacial score (nSPS) is 23.2. The van der Waals surface area contributed by atoms with Crippen molar-refractivity contribution in [2.75, 3.05) is 7.11 Å². The number of hydroxylamine groups is 2. The Hall–Kier alpha value is -0.970. The highest BCUT2D eigenvalue weighted by Crippen LogP contribution is 2.31. The van der Waals surface area contributed by atoms with Crippen molar-refractivity contribution in [2.24, 2.45) is 5.92 Å². The van der Waals surface area contributed by atoms with Crippen molar-refractivity contribution >= 4 is 0 Å². The predicted octanol–water partition coefficient (Wildman–Crippen LogP) is 3.28. The predicted molar refractivity (Wildman–Crippen MR) is 55.4 cm³/mol. The second kappa shape index (κ2) is 4.91. The largest absolute Gasteiger partial charge is 0.414 e. The molecule has 0 fully saturated rings. The molecule has 5 heteroatoms. The fourth-order valence-corrected chi connectivity index (χ4v) is 1.50. The van der Waals surface area contributed by atoms with Gasteiger partial charge in [0.25, 0.3) is 0 Å². The highest BCUT2D eigenvalue weighted by molar-refractivity contribution is 5.26. The smallest absolute Gasteiger partial charge is 0.276 e. The summed E-state index contributed by atoms with van der Waals surface area (Å²) in [5.74, 6) is 0.225.